The molecule has 0 fully saturated rings. The van der Waals surface area contributed by atoms with Crippen molar-refractivity contribution in [3.05, 3.63) is 24.3 Å². The lowest BCUT2D eigenvalue weighted by Crippen LogP contribution is -2.44. The summed E-state index contributed by atoms with van der Waals surface area (Å²) >= 11 is 0. The molecule has 3 N–H and O–H groups in total. The zero-order chi connectivity index (χ0) is 15.8. The molecule has 5 heteroatoms. The van der Waals surface area contributed by atoms with Crippen LogP contribution in [0.5, 0.6) is 5.75 Å². The van der Waals surface area contributed by atoms with Gasteiger partial charge in [-0.05, 0) is 38.6 Å². The topological polar surface area (TPSA) is 67.6 Å². The number of anilines is 1. The number of hydrogen-bond acceptors (Lipinski definition) is 4. The first kappa shape index (κ1) is 17.3. The molecule has 1 rings (SSSR count). The van der Waals surface area contributed by atoms with Gasteiger partial charge in [0, 0.05) is 24.3 Å². The fraction of sp³-hybridized carbons (Fsp3) is 0.562. The van der Waals surface area contributed by atoms with Crippen LogP contribution >= 0.6 is 0 Å². The fourth-order valence-corrected chi connectivity index (χ4v) is 2.21. The number of likely N-dealkylation sites (N-methyl/N-ethyl adjacent to an activating group) is 1. The van der Waals surface area contributed by atoms with E-state index in [-0.39, 0.29) is 18.6 Å². The van der Waals surface area contributed by atoms with E-state index in [0.29, 0.717) is 17.4 Å². The first-order valence-electron chi connectivity index (χ1n) is 7.29. The van der Waals surface area contributed by atoms with E-state index in [4.69, 9.17) is 10.5 Å². The van der Waals surface area contributed by atoms with Gasteiger partial charge in [-0.2, -0.15) is 0 Å². The van der Waals surface area contributed by atoms with Crippen LogP contribution in [0, 0.1) is 5.92 Å². The largest absolute Gasteiger partial charge is 0.484 e. The molecule has 118 valence electrons. The lowest BCUT2D eigenvalue weighted by atomic mass is 10.0. The van der Waals surface area contributed by atoms with Crippen LogP contribution in [0.3, 0.4) is 0 Å². The monoisotopic (exact) mass is 293 g/mol. The second-order valence-corrected chi connectivity index (χ2v) is 6.02. The third-order valence-corrected chi connectivity index (χ3v) is 2.93. The first-order valence-corrected chi connectivity index (χ1v) is 7.29. The smallest absolute Gasteiger partial charge is 0.258 e. The maximum Gasteiger partial charge on any atom is 0.258 e. The number of nitrogens with one attached hydrogen (secondary N) is 1. The summed E-state index contributed by atoms with van der Waals surface area (Å²) in [5, 5.41) is 3.03. The third kappa shape index (κ3) is 7.56. The Balaban J connectivity index is 2.45. The van der Waals surface area contributed by atoms with E-state index in [9.17, 15) is 4.79 Å². The molecule has 1 unspecified atom stereocenters. The molecule has 1 aromatic rings. The van der Waals surface area contributed by atoms with Crippen molar-refractivity contribution in [1.82, 2.24) is 10.2 Å². The molecule has 0 aromatic heterocycles. The SMILES string of the molecule is CC(C)CC(CN(C)C)NC(=O)COc1cccc(N)c1. The molecule has 21 heavy (non-hydrogen) atoms. The number of carbonyl (C=O) groups is 1. The van der Waals surface area contributed by atoms with Crippen LogP contribution in [0.4, 0.5) is 5.69 Å². The number of nitrogen functional groups attached to an aromatic ring is 1. The van der Waals surface area contributed by atoms with E-state index < -0.39 is 0 Å². The summed E-state index contributed by atoms with van der Waals surface area (Å²) in [5.74, 6) is 1.04. The number of rotatable bonds is 8. The highest BCUT2D eigenvalue weighted by molar-refractivity contribution is 5.77. The van der Waals surface area contributed by atoms with Crippen LogP contribution in [0.2, 0.25) is 0 Å². The molecule has 5 nitrogen and oxygen atoms in total. The Kier molecular flexibility index (Phi) is 7.02. The van der Waals surface area contributed by atoms with Crippen molar-refractivity contribution in [2.45, 2.75) is 26.3 Å². The fourth-order valence-electron chi connectivity index (χ4n) is 2.21. The summed E-state index contributed by atoms with van der Waals surface area (Å²) in [6.07, 6.45) is 0.947. The second-order valence-electron chi connectivity index (χ2n) is 6.02. The number of ether oxygens (including phenoxy) is 1. The minimum atomic E-state index is -0.107. The Hall–Kier alpha value is -1.75. The van der Waals surface area contributed by atoms with Crippen molar-refractivity contribution >= 4 is 11.6 Å². The molecule has 0 heterocycles. The molecule has 0 spiro atoms. The Morgan fingerprint density at radius 2 is 2.10 bits per heavy atom. The first-order chi connectivity index (χ1) is 9.86. The summed E-state index contributed by atoms with van der Waals surface area (Å²) in [7, 11) is 4.01. The number of nitrogens with two attached hydrogens (primary N) is 1. The maximum absolute atomic E-state index is 12.0. The van der Waals surface area contributed by atoms with E-state index in [2.05, 4.69) is 24.1 Å². The van der Waals surface area contributed by atoms with Gasteiger partial charge in [0.05, 0.1) is 0 Å². The maximum atomic E-state index is 12.0. The van der Waals surface area contributed by atoms with Gasteiger partial charge in [-0.25, -0.2) is 0 Å². The minimum absolute atomic E-state index is 0.00543. The predicted octanol–water partition coefficient (Wildman–Crippen LogP) is 1.74. The average Bonchev–Trinajstić information content (AvgIpc) is 2.34. The van der Waals surface area contributed by atoms with Crippen LogP contribution in [-0.4, -0.2) is 44.1 Å². The van der Waals surface area contributed by atoms with Gasteiger partial charge >= 0.3 is 0 Å². The Morgan fingerprint density at radius 1 is 1.38 bits per heavy atom. The molecule has 0 radical (unpaired) electrons. The van der Waals surface area contributed by atoms with E-state index in [0.717, 1.165) is 13.0 Å². The van der Waals surface area contributed by atoms with Crippen molar-refractivity contribution in [2.24, 2.45) is 5.92 Å². The van der Waals surface area contributed by atoms with Crippen LogP contribution in [-0.2, 0) is 4.79 Å². The van der Waals surface area contributed by atoms with Crippen molar-refractivity contribution in [3.8, 4) is 5.75 Å². The zero-order valence-electron chi connectivity index (χ0n) is 13.4. The van der Waals surface area contributed by atoms with Crippen LogP contribution < -0.4 is 15.8 Å². The summed E-state index contributed by atoms with van der Waals surface area (Å²) < 4.78 is 5.45. The van der Waals surface area contributed by atoms with Gasteiger partial charge < -0.3 is 20.7 Å². The molecule has 1 atom stereocenters. The van der Waals surface area contributed by atoms with Gasteiger partial charge in [0.2, 0.25) is 0 Å². The van der Waals surface area contributed by atoms with E-state index in [1.807, 2.05) is 14.1 Å². The van der Waals surface area contributed by atoms with Crippen LogP contribution in [0.1, 0.15) is 20.3 Å². The highest BCUT2D eigenvalue weighted by atomic mass is 16.5. The second kappa shape index (κ2) is 8.52. The average molecular weight is 293 g/mol. The highest BCUT2D eigenvalue weighted by Gasteiger charge is 2.15. The molecule has 0 aliphatic carbocycles. The van der Waals surface area contributed by atoms with Gasteiger partial charge in [-0.3, -0.25) is 4.79 Å². The van der Waals surface area contributed by atoms with Gasteiger partial charge in [0.25, 0.3) is 5.91 Å². The summed E-state index contributed by atoms with van der Waals surface area (Å²) in [5.41, 5.74) is 6.29. The molecule has 0 aliphatic rings. The van der Waals surface area contributed by atoms with E-state index >= 15 is 0 Å². The number of amides is 1. The Bertz CT molecular complexity index is 437. The molecule has 0 saturated heterocycles. The standard InChI is InChI=1S/C16H27N3O2/c1-12(2)8-14(10-19(3)4)18-16(20)11-21-15-7-5-6-13(17)9-15/h5-7,9,12,14H,8,10-11,17H2,1-4H3,(H,18,20). The third-order valence-electron chi connectivity index (χ3n) is 2.93. The van der Waals surface area contributed by atoms with Crippen molar-refractivity contribution in [3.63, 3.8) is 0 Å². The molecule has 1 amide bonds. The summed E-state index contributed by atoms with van der Waals surface area (Å²) in [6, 6.07) is 7.21. The highest BCUT2D eigenvalue weighted by Crippen LogP contribution is 2.14. The number of nitrogens with zero attached hydrogens (tertiary/aromatic N) is 1. The summed E-state index contributed by atoms with van der Waals surface area (Å²) in [6.45, 7) is 5.13. The molecular weight excluding hydrogens is 266 g/mol. The molecule has 0 aliphatic heterocycles. The van der Waals surface area contributed by atoms with E-state index in [1.54, 1.807) is 24.3 Å². The minimum Gasteiger partial charge on any atom is -0.484 e. The number of carbonyl (C=O) groups excluding carboxylic acids is 1. The molecule has 0 saturated carbocycles. The Morgan fingerprint density at radius 3 is 2.67 bits per heavy atom. The molecule has 0 bridgehead atoms. The van der Waals surface area contributed by atoms with Crippen molar-refractivity contribution in [1.29, 1.82) is 0 Å². The van der Waals surface area contributed by atoms with Crippen LogP contribution in [0.15, 0.2) is 24.3 Å². The van der Waals surface area contributed by atoms with Gasteiger partial charge in [-0.15, -0.1) is 0 Å². The molecular formula is C16H27N3O2. The Labute approximate surface area is 127 Å². The van der Waals surface area contributed by atoms with E-state index in [1.165, 1.54) is 0 Å². The zero-order valence-corrected chi connectivity index (χ0v) is 13.4. The van der Waals surface area contributed by atoms with Gasteiger partial charge in [0.1, 0.15) is 5.75 Å². The number of benzene rings is 1. The lowest BCUT2D eigenvalue weighted by molar-refractivity contribution is -0.124. The quantitative estimate of drug-likeness (QED) is 0.716. The van der Waals surface area contributed by atoms with Crippen molar-refractivity contribution in [2.75, 3.05) is 33.0 Å². The number of hydrogen-bond donors (Lipinski definition) is 2. The summed E-state index contributed by atoms with van der Waals surface area (Å²) in [4.78, 5) is 14.1. The normalized spacial score (nSPS) is 12.5. The van der Waals surface area contributed by atoms with Gasteiger partial charge in [0.15, 0.2) is 6.61 Å². The predicted molar refractivity (Wildman–Crippen MR) is 86.3 cm³/mol. The van der Waals surface area contributed by atoms with Crippen molar-refractivity contribution < 1.29 is 9.53 Å². The molecule has 1 aromatic carbocycles. The van der Waals surface area contributed by atoms with Gasteiger partial charge in [-0.1, -0.05) is 19.9 Å². The lowest BCUT2D eigenvalue weighted by Gasteiger charge is -2.24. The van der Waals surface area contributed by atoms with Crippen LogP contribution in [0.25, 0.3) is 0 Å².